The maximum atomic E-state index is 11.5. The van der Waals surface area contributed by atoms with Gasteiger partial charge >= 0.3 is 6.09 Å². The van der Waals surface area contributed by atoms with E-state index in [2.05, 4.69) is 31.1 Å². The predicted molar refractivity (Wildman–Crippen MR) is 88.1 cm³/mol. The lowest BCUT2D eigenvalue weighted by molar-refractivity contribution is 0.0529. The molecule has 23 heavy (non-hydrogen) atoms. The van der Waals surface area contributed by atoms with Crippen molar-refractivity contribution in [2.45, 2.75) is 39.8 Å². The van der Waals surface area contributed by atoms with Gasteiger partial charge in [0.2, 0.25) is 0 Å². The van der Waals surface area contributed by atoms with Crippen LogP contribution in [-0.2, 0) is 18.3 Å². The van der Waals surface area contributed by atoms with Crippen LogP contribution in [0.1, 0.15) is 33.5 Å². The van der Waals surface area contributed by atoms with Gasteiger partial charge in [0, 0.05) is 26.7 Å². The van der Waals surface area contributed by atoms with E-state index in [0.29, 0.717) is 25.6 Å². The summed E-state index contributed by atoms with van der Waals surface area (Å²) in [4.78, 5) is 15.9. The quantitative estimate of drug-likeness (QED) is 0.397. The number of hydrogen-bond acceptors (Lipinski definition) is 5. The Labute approximate surface area is 136 Å². The van der Waals surface area contributed by atoms with Crippen LogP contribution in [0.2, 0.25) is 0 Å². The fourth-order valence-electron chi connectivity index (χ4n) is 1.60. The van der Waals surface area contributed by atoms with Gasteiger partial charge < -0.3 is 25.3 Å². The molecule has 1 aromatic heterocycles. The molecule has 0 aliphatic heterocycles. The van der Waals surface area contributed by atoms with Crippen LogP contribution >= 0.6 is 0 Å². The molecule has 0 saturated carbocycles. The topological polar surface area (TPSA) is 105 Å². The van der Waals surface area contributed by atoms with Gasteiger partial charge in [-0.2, -0.15) is 0 Å². The second-order valence-corrected chi connectivity index (χ2v) is 5.91. The maximum absolute atomic E-state index is 11.5. The predicted octanol–water partition coefficient (Wildman–Crippen LogP) is 0.395. The fourth-order valence-corrected chi connectivity index (χ4v) is 1.60. The lowest BCUT2D eigenvalue weighted by Gasteiger charge is -2.19. The first-order valence-electron chi connectivity index (χ1n) is 7.63. The summed E-state index contributed by atoms with van der Waals surface area (Å²) in [5.74, 6) is 1.43. The number of carbonyl (C=O) groups excluding carboxylic acids is 1. The van der Waals surface area contributed by atoms with E-state index in [4.69, 9.17) is 4.74 Å². The first kappa shape index (κ1) is 18.7. The normalized spacial score (nSPS) is 12.0. The number of aryl methyl sites for hydroxylation is 1. The first-order chi connectivity index (χ1) is 10.8. The standard InChI is InChI=1S/C14H27N7O2/c1-6-15-12(18-9-11-20-19-10-21(11)5)16-7-8-17-13(22)23-14(2,3)4/h10H,6-9H2,1-5H3,(H,17,22)(H2,15,16,18). The Hall–Kier alpha value is -2.32. The number of aliphatic imine (C=N–C) groups is 1. The van der Waals surface area contributed by atoms with Crippen molar-refractivity contribution in [3.8, 4) is 0 Å². The number of amides is 1. The van der Waals surface area contributed by atoms with Crippen LogP contribution in [0.4, 0.5) is 4.79 Å². The number of alkyl carbamates (subject to hydrolysis) is 1. The van der Waals surface area contributed by atoms with Crippen LogP contribution in [0.25, 0.3) is 0 Å². The highest BCUT2D eigenvalue weighted by molar-refractivity contribution is 5.79. The van der Waals surface area contributed by atoms with Gasteiger partial charge in [-0.25, -0.2) is 9.79 Å². The second kappa shape index (κ2) is 8.96. The number of ether oxygens (including phenoxy) is 1. The zero-order valence-electron chi connectivity index (χ0n) is 14.5. The Bertz CT molecular complexity index is 519. The van der Waals surface area contributed by atoms with Crippen molar-refractivity contribution in [2.24, 2.45) is 12.0 Å². The Balaban J connectivity index is 2.36. The molecule has 3 N–H and O–H groups in total. The summed E-state index contributed by atoms with van der Waals surface area (Å²) >= 11 is 0. The van der Waals surface area contributed by atoms with Gasteiger partial charge in [0.15, 0.2) is 11.8 Å². The van der Waals surface area contributed by atoms with Crippen molar-refractivity contribution in [1.29, 1.82) is 0 Å². The van der Waals surface area contributed by atoms with Crippen LogP contribution in [-0.4, -0.2) is 52.1 Å². The van der Waals surface area contributed by atoms with Crippen molar-refractivity contribution in [1.82, 2.24) is 30.7 Å². The molecule has 0 unspecified atom stereocenters. The zero-order valence-corrected chi connectivity index (χ0v) is 14.5. The smallest absolute Gasteiger partial charge is 0.407 e. The van der Waals surface area contributed by atoms with E-state index < -0.39 is 11.7 Å². The van der Waals surface area contributed by atoms with Crippen LogP contribution in [0, 0.1) is 0 Å². The third-order valence-corrected chi connectivity index (χ3v) is 2.61. The summed E-state index contributed by atoms with van der Waals surface area (Å²) < 4.78 is 6.98. The average Bonchev–Trinajstić information content (AvgIpc) is 2.84. The second-order valence-electron chi connectivity index (χ2n) is 5.91. The van der Waals surface area contributed by atoms with Crippen LogP contribution < -0.4 is 16.0 Å². The summed E-state index contributed by atoms with van der Waals surface area (Å²) in [5.41, 5.74) is -0.496. The summed E-state index contributed by atoms with van der Waals surface area (Å²) in [6.07, 6.45) is 1.20. The molecule has 9 nitrogen and oxygen atoms in total. The molecule has 0 fully saturated rings. The molecule has 0 aliphatic rings. The zero-order chi connectivity index (χ0) is 17.3. The van der Waals surface area contributed by atoms with E-state index in [0.717, 1.165) is 12.4 Å². The third-order valence-electron chi connectivity index (χ3n) is 2.61. The van der Waals surface area contributed by atoms with Crippen molar-refractivity contribution in [3.63, 3.8) is 0 Å². The van der Waals surface area contributed by atoms with E-state index in [-0.39, 0.29) is 0 Å². The molecule has 0 spiro atoms. The molecule has 1 rings (SSSR count). The number of nitrogens with zero attached hydrogens (tertiary/aromatic N) is 4. The molecule has 0 atom stereocenters. The number of nitrogens with one attached hydrogen (secondary N) is 3. The Morgan fingerprint density at radius 3 is 2.57 bits per heavy atom. The van der Waals surface area contributed by atoms with E-state index in [9.17, 15) is 4.79 Å². The highest BCUT2D eigenvalue weighted by Crippen LogP contribution is 2.05. The lowest BCUT2D eigenvalue weighted by atomic mass is 10.2. The molecule has 1 aromatic rings. The van der Waals surface area contributed by atoms with Crippen LogP contribution in [0.15, 0.2) is 11.3 Å². The molecule has 1 amide bonds. The third kappa shape index (κ3) is 8.03. The number of rotatable bonds is 6. The minimum Gasteiger partial charge on any atom is -0.444 e. The fraction of sp³-hybridized carbons (Fsp3) is 0.714. The summed E-state index contributed by atoms with van der Waals surface area (Å²) in [6, 6.07) is 0. The lowest BCUT2D eigenvalue weighted by Crippen LogP contribution is -2.42. The van der Waals surface area contributed by atoms with Gasteiger partial charge in [-0.1, -0.05) is 0 Å². The minimum atomic E-state index is -0.496. The van der Waals surface area contributed by atoms with Gasteiger partial charge in [-0.15, -0.1) is 10.2 Å². The van der Waals surface area contributed by atoms with Crippen molar-refractivity contribution < 1.29 is 9.53 Å². The Morgan fingerprint density at radius 2 is 2.00 bits per heavy atom. The molecular weight excluding hydrogens is 298 g/mol. The molecule has 130 valence electrons. The summed E-state index contributed by atoms with van der Waals surface area (Å²) in [5, 5.41) is 16.7. The Morgan fingerprint density at radius 1 is 1.30 bits per heavy atom. The summed E-state index contributed by atoms with van der Waals surface area (Å²) in [6.45, 7) is 9.59. The number of hydrogen-bond donors (Lipinski definition) is 3. The van der Waals surface area contributed by atoms with Gasteiger partial charge in [-0.05, 0) is 27.7 Å². The SMILES string of the molecule is CCNC(=NCc1nncn1C)NCCNC(=O)OC(C)(C)C. The molecule has 0 bridgehead atoms. The van der Waals surface area contributed by atoms with Gasteiger partial charge in [0.05, 0.1) is 0 Å². The van der Waals surface area contributed by atoms with E-state index >= 15 is 0 Å². The minimum absolute atomic E-state index is 0.422. The molecule has 0 aromatic carbocycles. The first-order valence-corrected chi connectivity index (χ1v) is 7.63. The van der Waals surface area contributed by atoms with E-state index in [1.165, 1.54) is 0 Å². The van der Waals surface area contributed by atoms with E-state index in [1.54, 1.807) is 6.33 Å². The number of carbonyl (C=O) groups is 1. The van der Waals surface area contributed by atoms with Gasteiger partial charge in [-0.3, -0.25) is 0 Å². The highest BCUT2D eigenvalue weighted by atomic mass is 16.6. The van der Waals surface area contributed by atoms with Gasteiger partial charge in [0.25, 0.3) is 0 Å². The molecular formula is C14H27N7O2. The number of aromatic nitrogens is 3. The molecule has 0 saturated heterocycles. The van der Waals surface area contributed by atoms with Crippen molar-refractivity contribution in [3.05, 3.63) is 12.2 Å². The largest absolute Gasteiger partial charge is 0.444 e. The summed E-state index contributed by atoms with van der Waals surface area (Å²) in [7, 11) is 1.87. The van der Waals surface area contributed by atoms with Crippen molar-refractivity contribution >= 4 is 12.1 Å². The van der Waals surface area contributed by atoms with Crippen molar-refractivity contribution in [2.75, 3.05) is 19.6 Å². The molecule has 1 heterocycles. The monoisotopic (exact) mass is 325 g/mol. The molecule has 9 heteroatoms. The van der Waals surface area contributed by atoms with Crippen LogP contribution in [0.5, 0.6) is 0 Å². The Kier molecular flexibility index (Phi) is 7.30. The van der Waals surface area contributed by atoms with Crippen LogP contribution in [0.3, 0.4) is 0 Å². The molecule has 0 aliphatic carbocycles. The highest BCUT2D eigenvalue weighted by Gasteiger charge is 2.15. The van der Waals surface area contributed by atoms with Gasteiger partial charge in [0.1, 0.15) is 18.5 Å². The number of guanidine groups is 1. The van der Waals surface area contributed by atoms with E-state index in [1.807, 2.05) is 39.3 Å². The average molecular weight is 325 g/mol. The maximum Gasteiger partial charge on any atom is 0.407 e. The molecule has 0 radical (unpaired) electrons.